The molecule has 1 heterocycles. The minimum absolute atomic E-state index is 0.115. The highest BCUT2D eigenvalue weighted by Gasteiger charge is 2.08. The van der Waals surface area contributed by atoms with Gasteiger partial charge in [0.25, 0.3) is 0 Å². The van der Waals surface area contributed by atoms with E-state index >= 15 is 0 Å². The van der Waals surface area contributed by atoms with Crippen LogP contribution >= 0.6 is 0 Å². The molecule has 2 aromatic rings. The Kier molecular flexibility index (Phi) is 4.90. The van der Waals surface area contributed by atoms with E-state index in [4.69, 9.17) is 15.2 Å². The number of methoxy groups -OCH3 is 1. The van der Waals surface area contributed by atoms with Gasteiger partial charge in [0, 0.05) is 18.4 Å². The molecule has 1 atom stereocenters. The van der Waals surface area contributed by atoms with E-state index in [1.54, 1.807) is 25.6 Å². The van der Waals surface area contributed by atoms with Gasteiger partial charge in [-0.05, 0) is 37.1 Å². The van der Waals surface area contributed by atoms with Crippen molar-refractivity contribution in [2.45, 2.75) is 26.0 Å². The lowest BCUT2D eigenvalue weighted by molar-refractivity contribution is 0.276. The summed E-state index contributed by atoms with van der Waals surface area (Å²) in [6, 6.07) is 7.72. The number of hydrogen-bond acceptors (Lipinski definition) is 5. The van der Waals surface area contributed by atoms with E-state index in [-0.39, 0.29) is 6.04 Å². The summed E-state index contributed by atoms with van der Waals surface area (Å²) < 4.78 is 11.0. The van der Waals surface area contributed by atoms with Crippen molar-refractivity contribution in [1.29, 1.82) is 0 Å². The summed E-state index contributed by atoms with van der Waals surface area (Å²) in [5, 5.41) is 0. The molecule has 106 valence electrons. The molecule has 0 spiro atoms. The molecule has 5 heteroatoms. The van der Waals surface area contributed by atoms with Gasteiger partial charge in [0.1, 0.15) is 6.61 Å². The second kappa shape index (κ2) is 6.86. The topological polar surface area (TPSA) is 70.3 Å². The minimum Gasteiger partial charge on any atom is -0.493 e. The Morgan fingerprint density at radius 1 is 1.20 bits per heavy atom. The Morgan fingerprint density at radius 2 is 1.95 bits per heavy atom. The SMILES string of the molecule is COc1cc(CC(C)N)ccc1OCc1ncccn1. The molecule has 0 bridgehead atoms. The highest BCUT2D eigenvalue weighted by molar-refractivity contribution is 5.43. The maximum atomic E-state index is 5.80. The van der Waals surface area contributed by atoms with Gasteiger partial charge in [-0.2, -0.15) is 0 Å². The molecule has 0 fully saturated rings. The van der Waals surface area contributed by atoms with Crippen molar-refractivity contribution in [2.24, 2.45) is 5.73 Å². The fraction of sp³-hybridized carbons (Fsp3) is 0.333. The Hall–Kier alpha value is -2.14. The second-order valence-electron chi connectivity index (χ2n) is 4.62. The zero-order valence-electron chi connectivity index (χ0n) is 11.7. The molecule has 1 aromatic heterocycles. The Morgan fingerprint density at radius 3 is 2.60 bits per heavy atom. The fourth-order valence-electron chi connectivity index (χ4n) is 1.88. The molecule has 2 N–H and O–H groups in total. The molecule has 0 amide bonds. The molecular formula is C15H19N3O2. The lowest BCUT2D eigenvalue weighted by Gasteiger charge is -2.12. The maximum absolute atomic E-state index is 5.80. The van der Waals surface area contributed by atoms with E-state index in [2.05, 4.69) is 9.97 Å². The molecule has 0 radical (unpaired) electrons. The molecule has 20 heavy (non-hydrogen) atoms. The molecule has 0 aliphatic rings. The van der Waals surface area contributed by atoms with Gasteiger partial charge in [0.2, 0.25) is 0 Å². The van der Waals surface area contributed by atoms with Crippen LogP contribution in [0.15, 0.2) is 36.7 Å². The summed E-state index contributed by atoms with van der Waals surface area (Å²) in [4.78, 5) is 8.23. The van der Waals surface area contributed by atoms with E-state index in [0.29, 0.717) is 23.9 Å². The molecule has 1 unspecified atom stereocenters. The first-order valence-corrected chi connectivity index (χ1v) is 6.50. The lowest BCUT2D eigenvalue weighted by atomic mass is 10.1. The summed E-state index contributed by atoms with van der Waals surface area (Å²) in [6.45, 7) is 2.29. The van der Waals surface area contributed by atoms with Crippen LogP contribution in [0.4, 0.5) is 0 Å². The standard InChI is InChI=1S/C15H19N3O2/c1-11(16)8-12-4-5-13(14(9-12)19-2)20-10-15-17-6-3-7-18-15/h3-7,9,11H,8,10,16H2,1-2H3. The number of nitrogens with zero attached hydrogens (tertiary/aromatic N) is 2. The summed E-state index contributed by atoms with van der Waals surface area (Å²) >= 11 is 0. The highest BCUT2D eigenvalue weighted by Crippen LogP contribution is 2.28. The van der Waals surface area contributed by atoms with Crippen LogP contribution in [-0.2, 0) is 13.0 Å². The van der Waals surface area contributed by atoms with Crippen LogP contribution in [0.5, 0.6) is 11.5 Å². The molecule has 0 aliphatic carbocycles. The molecule has 0 aliphatic heterocycles. The van der Waals surface area contributed by atoms with Gasteiger partial charge in [-0.3, -0.25) is 0 Å². The number of rotatable bonds is 6. The van der Waals surface area contributed by atoms with Crippen LogP contribution < -0.4 is 15.2 Å². The normalized spacial score (nSPS) is 11.9. The third-order valence-corrected chi connectivity index (χ3v) is 2.76. The van der Waals surface area contributed by atoms with Crippen molar-refractivity contribution < 1.29 is 9.47 Å². The van der Waals surface area contributed by atoms with Crippen LogP contribution in [0.2, 0.25) is 0 Å². The summed E-state index contributed by atoms with van der Waals surface area (Å²) in [5.41, 5.74) is 6.93. The molecule has 0 saturated heterocycles. The smallest absolute Gasteiger partial charge is 0.166 e. The van der Waals surface area contributed by atoms with Gasteiger partial charge in [0.15, 0.2) is 17.3 Å². The predicted octanol–water partition coefficient (Wildman–Crippen LogP) is 1.95. The average molecular weight is 273 g/mol. The van der Waals surface area contributed by atoms with Gasteiger partial charge < -0.3 is 15.2 Å². The van der Waals surface area contributed by atoms with E-state index in [9.17, 15) is 0 Å². The van der Waals surface area contributed by atoms with Crippen LogP contribution in [0, 0.1) is 0 Å². The highest BCUT2D eigenvalue weighted by atomic mass is 16.5. The van der Waals surface area contributed by atoms with E-state index in [0.717, 1.165) is 12.0 Å². The van der Waals surface area contributed by atoms with Gasteiger partial charge in [-0.15, -0.1) is 0 Å². The van der Waals surface area contributed by atoms with Gasteiger partial charge in [-0.1, -0.05) is 6.07 Å². The van der Waals surface area contributed by atoms with Crippen molar-refractivity contribution >= 4 is 0 Å². The molecule has 2 rings (SSSR count). The number of benzene rings is 1. The first kappa shape index (κ1) is 14.3. The minimum atomic E-state index is 0.115. The number of nitrogens with two attached hydrogens (primary N) is 1. The fourth-order valence-corrected chi connectivity index (χ4v) is 1.88. The maximum Gasteiger partial charge on any atom is 0.166 e. The Labute approximate surface area is 118 Å². The van der Waals surface area contributed by atoms with Gasteiger partial charge >= 0.3 is 0 Å². The average Bonchev–Trinajstić information content (AvgIpc) is 2.46. The molecule has 0 saturated carbocycles. The third-order valence-electron chi connectivity index (χ3n) is 2.76. The number of aromatic nitrogens is 2. The van der Waals surface area contributed by atoms with Crippen molar-refractivity contribution in [3.8, 4) is 11.5 Å². The largest absolute Gasteiger partial charge is 0.493 e. The first-order chi connectivity index (χ1) is 9.69. The van der Waals surface area contributed by atoms with Crippen molar-refractivity contribution in [3.63, 3.8) is 0 Å². The Bertz CT molecular complexity index is 544. The van der Waals surface area contributed by atoms with Gasteiger partial charge in [0.05, 0.1) is 7.11 Å². The summed E-state index contributed by atoms with van der Waals surface area (Å²) in [6.07, 6.45) is 4.18. The van der Waals surface area contributed by atoms with Gasteiger partial charge in [-0.25, -0.2) is 9.97 Å². The second-order valence-corrected chi connectivity index (χ2v) is 4.62. The number of ether oxygens (including phenoxy) is 2. The van der Waals surface area contributed by atoms with Crippen LogP contribution in [0.25, 0.3) is 0 Å². The van der Waals surface area contributed by atoms with Crippen molar-refractivity contribution in [2.75, 3.05) is 7.11 Å². The third kappa shape index (κ3) is 3.93. The number of hydrogen-bond donors (Lipinski definition) is 1. The quantitative estimate of drug-likeness (QED) is 0.871. The predicted molar refractivity (Wildman–Crippen MR) is 76.7 cm³/mol. The van der Waals surface area contributed by atoms with Crippen molar-refractivity contribution in [1.82, 2.24) is 9.97 Å². The van der Waals surface area contributed by atoms with Crippen molar-refractivity contribution in [3.05, 3.63) is 48.0 Å². The molecule has 5 nitrogen and oxygen atoms in total. The van der Waals surface area contributed by atoms with E-state index in [1.807, 2.05) is 25.1 Å². The summed E-state index contributed by atoms with van der Waals surface area (Å²) in [7, 11) is 1.62. The van der Waals surface area contributed by atoms with Crippen LogP contribution in [0.1, 0.15) is 18.3 Å². The molecular weight excluding hydrogens is 254 g/mol. The molecule has 1 aromatic carbocycles. The first-order valence-electron chi connectivity index (χ1n) is 6.50. The zero-order valence-corrected chi connectivity index (χ0v) is 11.7. The van der Waals surface area contributed by atoms with Crippen LogP contribution in [-0.4, -0.2) is 23.1 Å². The van der Waals surface area contributed by atoms with E-state index in [1.165, 1.54) is 0 Å². The Balaban J connectivity index is 2.07. The summed E-state index contributed by atoms with van der Waals surface area (Å²) in [5.74, 6) is 2.00. The lowest BCUT2D eigenvalue weighted by Crippen LogP contribution is -2.17. The van der Waals surface area contributed by atoms with Crippen LogP contribution in [0.3, 0.4) is 0 Å². The monoisotopic (exact) mass is 273 g/mol. The zero-order chi connectivity index (χ0) is 14.4. The van der Waals surface area contributed by atoms with E-state index < -0.39 is 0 Å².